The van der Waals surface area contributed by atoms with E-state index in [-0.39, 0.29) is 23.7 Å². The highest BCUT2D eigenvalue weighted by molar-refractivity contribution is 5.69. The molecule has 24 heavy (non-hydrogen) atoms. The second-order valence-electron chi connectivity index (χ2n) is 5.10. The van der Waals surface area contributed by atoms with Gasteiger partial charge in [0.25, 0.3) is 5.56 Å². The predicted octanol–water partition coefficient (Wildman–Crippen LogP) is -0.374. The Morgan fingerprint density at radius 2 is 2.46 bits per heavy atom. The van der Waals surface area contributed by atoms with Gasteiger partial charge in [0.1, 0.15) is 0 Å². The fourth-order valence-corrected chi connectivity index (χ4v) is 2.52. The molecular weight excluding hydrogens is 322 g/mol. The molecule has 0 aliphatic carbocycles. The Labute approximate surface area is 133 Å². The van der Waals surface area contributed by atoms with Crippen LogP contribution in [0.5, 0.6) is 0 Å². The van der Waals surface area contributed by atoms with Crippen molar-refractivity contribution < 1.29 is 14.3 Å². The van der Waals surface area contributed by atoms with Gasteiger partial charge in [-0.3, -0.25) is 14.6 Å². The zero-order valence-electron chi connectivity index (χ0n) is 12.5. The summed E-state index contributed by atoms with van der Waals surface area (Å²) in [6.45, 7) is 1.33. The number of aromatic nitrogens is 5. The Morgan fingerprint density at radius 1 is 1.67 bits per heavy atom. The van der Waals surface area contributed by atoms with E-state index < -0.39 is 30.0 Å². The number of azide groups is 1. The Kier molecular flexibility index (Phi) is 4.02. The molecule has 3 N–H and O–H groups in total. The number of anilines is 1. The minimum Gasteiger partial charge on any atom is -0.458 e. The number of H-pyrrole nitrogens is 1. The molecule has 1 aliphatic heterocycles. The first-order valence-corrected chi connectivity index (χ1v) is 6.94. The molecule has 3 atom stereocenters. The van der Waals surface area contributed by atoms with Crippen LogP contribution in [-0.2, 0) is 14.3 Å². The molecule has 0 aromatic carbocycles. The third-order valence-corrected chi connectivity index (χ3v) is 3.40. The molecule has 0 bridgehead atoms. The lowest BCUT2D eigenvalue weighted by atomic mass is 10.2. The summed E-state index contributed by atoms with van der Waals surface area (Å²) in [6, 6.07) is 0. The van der Waals surface area contributed by atoms with Gasteiger partial charge in [-0.1, -0.05) is 10.3 Å². The largest absolute Gasteiger partial charge is 0.458 e. The van der Waals surface area contributed by atoms with Crippen molar-refractivity contribution in [3.63, 3.8) is 0 Å². The van der Waals surface area contributed by atoms with Crippen molar-refractivity contribution >= 4 is 23.1 Å². The Morgan fingerprint density at radius 3 is 3.17 bits per heavy atom. The van der Waals surface area contributed by atoms with Crippen LogP contribution in [0.25, 0.3) is 21.6 Å². The number of nitrogens with zero attached hydrogens (tertiary/aromatic N) is 7. The second-order valence-corrected chi connectivity index (χ2v) is 5.10. The van der Waals surface area contributed by atoms with E-state index in [0.29, 0.717) is 6.42 Å². The first-order chi connectivity index (χ1) is 11.5. The van der Waals surface area contributed by atoms with Gasteiger partial charge >= 0.3 is 5.97 Å². The lowest BCUT2D eigenvalue weighted by molar-refractivity contribution is -0.152. The number of hydrogen-bond donors (Lipinski definition) is 2. The summed E-state index contributed by atoms with van der Waals surface area (Å²) < 4.78 is 12.2. The highest BCUT2D eigenvalue weighted by Crippen LogP contribution is 2.32. The molecule has 2 aromatic heterocycles. The maximum Gasteiger partial charge on any atom is 0.303 e. The van der Waals surface area contributed by atoms with Gasteiger partial charge in [-0.05, 0) is 5.53 Å². The Bertz CT molecular complexity index is 883. The quantitative estimate of drug-likeness (QED) is 0.327. The third-order valence-electron chi connectivity index (χ3n) is 3.40. The highest BCUT2D eigenvalue weighted by atomic mass is 16.6. The summed E-state index contributed by atoms with van der Waals surface area (Å²) in [7, 11) is 0. The van der Waals surface area contributed by atoms with Crippen LogP contribution in [-0.4, -0.2) is 49.7 Å². The summed E-state index contributed by atoms with van der Waals surface area (Å²) in [5.41, 5.74) is 13.5. The van der Waals surface area contributed by atoms with Crippen LogP contribution in [0.1, 0.15) is 19.6 Å². The standard InChI is InChI=1S/C11H13N9O4/c1-4(21)23-6-2-5(3-14-18-13)24-10(6)20-8-7(17-19-20)9(22)16-11(12)15-8/h5-6,10H,2-3H2,1H3,(H3,12,15,16,22)/t5-,6+,10+/m0/s1. The summed E-state index contributed by atoms with van der Waals surface area (Å²) in [6.07, 6.45) is -1.75. The zero-order chi connectivity index (χ0) is 17.3. The average molecular weight is 335 g/mol. The van der Waals surface area contributed by atoms with Crippen molar-refractivity contribution in [3.8, 4) is 0 Å². The fourth-order valence-electron chi connectivity index (χ4n) is 2.52. The normalized spacial score (nSPS) is 23.1. The van der Waals surface area contributed by atoms with Crippen molar-refractivity contribution in [1.29, 1.82) is 0 Å². The van der Waals surface area contributed by atoms with E-state index >= 15 is 0 Å². The second kappa shape index (κ2) is 6.14. The lowest BCUT2D eigenvalue weighted by Crippen LogP contribution is -2.26. The number of nitrogens with two attached hydrogens (primary N) is 1. The van der Waals surface area contributed by atoms with E-state index in [1.165, 1.54) is 11.6 Å². The van der Waals surface area contributed by atoms with E-state index in [1.54, 1.807) is 0 Å². The first kappa shape index (κ1) is 15.7. The van der Waals surface area contributed by atoms with Gasteiger partial charge in [0.05, 0.1) is 12.6 Å². The molecule has 1 fully saturated rings. The number of nitrogen functional groups attached to an aromatic ring is 1. The molecule has 13 nitrogen and oxygen atoms in total. The zero-order valence-corrected chi connectivity index (χ0v) is 12.5. The maximum atomic E-state index is 11.8. The molecule has 1 aliphatic rings. The van der Waals surface area contributed by atoms with Crippen molar-refractivity contribution in [2.75, 3.05) is 12.3 Å². The van der Waals surface area contributed by atoms with Crippen LogP contribution in [0, 0.1) is 0 Å². The summed E-state index contributed by atoms with van der Waals surface area (Å²) >= 11 is 0. The molecule has 13 heteroatoms. The summed E-state index contributed by atoms with van der Waals surface area (Å²) in [5, 5.41) is 11.1. The number of aromatic amines is 1. The van der Waals surface area contributed by atoms with Crippen LogP contribution < -0.4 is 11.3 Å². The predicted molar refractivity (Wildman–Crippen MR) is 78.5 cm³/mol. The molecule has 3 rings (SSSR count). The minimum absolute atomic E-state index is 0.0205. The van der Waals surface area contributed by atoms with Gasteiger partial charge in [0.2, 0.25) is 5.95 Å². The molecule has 2 aromatic rings. The van der Waals surface area contributed by atoms with E-state index in [0.717, 1.165) is 0 Å². The number of ether oxygens (including phenoxy) is 2. The van der Waals surface area contributed by atoms with E-state index in [9.17, 15) is 9.59 Å². The number of rotatable bonds is 4. The Balaban J connectivity index is 2.00. The Hall–Kier alpha value is -3.18. The topological polar surface area (TPSA) is 187 Å². The SMILES string of the molecule is CC(=O)O[C@@H]1C[C@@H](CN=[N+]=[N-])O[C@H]1n1nnc2c(=O)[nH]c(N)nc21. The highest BCUT2D eigenvalue weighted by Gasteiger charge is 2.40. The van der Waals surface area contributed by atoms with E-state index in [1.807, 2.05) is 0 Å². The van der Waals surface area contributed by atoms with Gasteiger partial charge in [-0.25, -0.2) is 0 Å². The first-order valence-electron chi connectivity index (χ1n) is 6.94. The van der Waals surface area contributed by atoms with Crippen molar-refractivity contribution in [2.45, 2.75) is 31.8 Å². The van der Waals surface area contributed by atoms with Gasteiger partial charge in [0.15, 0.2) is 23.5 Å². The molecule has 0 saturated carbocycles. The van der Waals surface area contributed by atoms with Crippen molar-refractivity contribution in [1.82, 2.24) is 25.0 Å². The molecule has 0 unspecified atom stereocenters. The van der Waals surface area contributed by atoms with Crippen molar-refractivity contribution in [3.05, 3.63) is 20.8 Å². The van der Waals surface area contributed by atoms with Gasteiger partial charge in [-0.2, -0.15) is 9.67 Å². The number of hydrogen-bond acceptors (Lipinski definition) is 9. The molecule has 1 saturated heterocycles. The average Bonchev–Trinajstić information content (AvgIpc) is 3.08. The molecule has 0 amide bonds. The molecular formula is C11H13N9O4. The van der Waals surface area contributed by atoms with Crippen LogP contribution in [0.2, 0.25) is 0 Å². The van der Waals surface area contributed by atoms with E-state index in [4.69, 9.17) is 20.7 Å². The van der Waals surface area contributed by atoms with Crippen molar-refractivity contribution in [2.24, 2.45) is 5.11 Å². The number of carbonyl (C=O) groups is 1. The third kappa shape index (κ3) is 2.85. The minimum atomic E-state index is -0.869. The van der Waals surface area contributed by atoms with Gasteiger partial charge < -0.3 is 15.2 Å². The van der Waals surface area contributed by atoms with Crippen LogP contribution in [0.15, 0.2) is 9.91 Å². The lowest BCUT2D eigenvalue weighted by Gasteiger charge is -2.18. The summed E-state index contributed by atoms with van der Waals surface area (Å²) in [4.78, 5) is 32.1. The van der Waals surface area contributed by atoms with E-state index in [2.05, 4.69) is 30.3 Å². The monoisotopic (exact) mass is 335 g/mol. The molecule has 0 radical (unpaired) electrons. The number of fused-ring (bicyclic) bond motifs is 1. The van der Waals surface area contributed by atoms with Gasteiger partial charge in [-0.15, -0.1) is 5.10 Å². The van der Waals surface area contributed by atoms with Crippen LogP contribution >= 0.6 is 0 Å². The number of esters is 1. The number of nitrogens with one attached hydrogen (secondary N) is 1. The summed E-state index contributed by atoms with van der Waals surface area (Å²) in [5.74, 6) is -0.614. The van der Waals surface area contributed by atoms with Gasteiger partial charge in [0, 0.05) is 18.3 Å². The molecule has 126 valence electrons. The molecule has 3 heterocycles. The smallest absolute Gasteiger partial charge is 0.303 e. The van der Waals surface area contributed by atoms with Crippen LogP contribution in [0.3, 0.4) is 0 Å². The molecule has 0 spiro atoms. The van der Waals surface area contributed by atoms with Crippen LogP contribution in [0.4, 0.5) is 5.95 Å². The number of carbonyl (C=O) groups excluding carboxylic acids is 1. The fraction of sp³-hybridized carbons (Fsp3) is 0.545. The maximum absolute atomic E-state index is 11.8.